The van der Waals surface area contributed by atoms with E-state index in [0.717, 1.165) is 17.4 Å². The summed E-state index contributed by atoms with van der Waals surface area (Å²) in [6.07, 6.45) is 4.81. The molecular formula is C16H19BrN2. The average Bonchev–Trinajstić information content (AvgIpc) is 2.40. The summed E-state index contributed by atoms with van der Waals surface area (Å²) < 4.78 is 1.13. The van der Waals surface area contributed by atoms with Crippen molar-refractivity contribution < 1.29 is 0 Å². The molecule has 1 heterocycles. The fourth-order valence-electron chi connectivity index (χ4n) is 2.01. The van der Waals surface area contributed by atoms with Crippen molar-refractivity contribution in [2.24, 2.45) is 0 Å². The molecule has 2 aromatic rings. The van der Waals surface area contributed by atoms with Crippen molar-refractivity contribution in [3.63, 3.8) is 0 Å². The molecule has 19 heavy (non-hydrogen) atoms. The third-order valence-electron chi connectivity index (χ3n) is 3.24. The number of nitrogens with one attached hydrogen (secondary N) is 1. The third-order valence-corrected chi connectivity index (χ3v) is 3.77. The fourth-order valence-corrected chi connectivity index (χ4v) is 2.28. The molecule has 2 rings (SSSR count). The summed E-state index contributed by atoms with van der Waals surface area (Å²) in [6.45, 7) is 5.21. The van der Waals surface area contributed by atoms with Crippen LogP contribution < -0.4 is 5.32 Å². The highest BCUT2D eigenvalue weighted by Gasteiger charge is 2.04. The molecule has 1 aromatic heterocycles. The standard InChI is InChI=1S/C16H19BrN2/c1-12-7-8-18-10-15(12)11-19-13(2)9-14-3-5-16(17)6-4-14/h3-8,10,13,19H,9,11H2,1-2H3. The van der Waals surface area contributed by atoms with Crippen molar-refractivity contribution >= 4 is 15.9 Å². The molecule has 0 aliphatic carbocycles. The van der Waals surface area contributed by atoms with Crippen LogP contribution in [0.25, 0.3) is 0 Å². The van der Waals surface area contributed by atoms with Gasteiger partial charge in [-0.25, -0.2) is 0 Å². The molecule has 100 valence electrons. The van der Waals surface area contributed by atoms with Gasteiger partial charge in [-0.2, -0.15) is 0 Å². The first-order valence-corrected chi connectivity index (χ1v) is 7.32. The molecule has 0 bridgehead atoms. The molecule has 0 aliphatic rings. The molecule has 2 nitrogen and oxygen atoms in total. The number of halogens is 1. The van der Waals surface area contributed by atoms with Crippen LogP contribution in [0.5, 0.6) is 0 Å². The molecule has 1 aromatic carbocycles. The van der Waals surface area contributed by atoms with E-state index in [9.17, 15) is 0 Å². The number of aromatic nitrogens is 1. The van der Waals surface area contributed by atoms with E-state index in [-0.39, 0.29) is 0 Å². The van der Waals surface area contributed by atoms with Gasteiger partial charge in [-0.05, 0) is 55.2 Å². The molecule has 1 unspecified atom stereocenters. The number of aryl methyl sites for hydroxylation is 1. The van der Waals surface area contributed by atoms with Crippen LogP contribution in [0.1, 0.15) is 23.6 Å². The molecule has 1 atom stereocenters. The number of hydrogen-bond acceptors (Lipinski definition) is 2. The smallest absolute Gasteiger partial charge is 0.0315 e. The van der Waals surface area contributed by atoms with E-state index >= 15 is 0 Å². The Morgan fingerprint density at radius 1 is 1.21 bits per heavy atom. The third kappa shape index (κ3) is 4.44. The maximum atomic E-state index is 4.17. The Kier molecular flexibility index (Phi) is 5.11. The van der Waals surface area contributed by atoms with Crippen LogP contribution in [0.15, 0.2) is 47.2 Å². The first-order chi connectivity index (χ1) is 9.15. The Labute approximate surface area is 123 Å². The van der Waals surface area contributed by atoms with E-state index in [4.69, 9.17) is 0 Å². The molecule has 0 amide bonds. The molecule has 0 saturated heterocycles. The highest BCUT2D eigenvalue weighted by Crippen LogP contribution is 2.12. The normalized spacial score (nSPS) is 12.4. The number of rotatable bonds is 5. The van der Waals surface area contributed by atoms with Gasteiger partial charge in [-0.3, -0.25) is 4.98 Å². The van der Waals surface area contributed by atoms with Crippen LogP contribution in [0, 0.1) is 6.92 Å². The summed E-state index contributed by atoms with van der Waals surface area (Å²) in [4.78, 5) is 4.17. The molecule has 0 spiro atoms. The lowest BCUT2D eigenvalue weighted by molar-refractivity contribution is 0.544. The largest absolute Gasteiger partial charge is 0.310 e. The van der Waals surface area contributed by atoms with Crippen LogP contribution in [0.2, 0.25) is 0 Å². The SMILES string of the molecule is Cc1ccncc1CNC(C)Cc1ccc(Br)cc1. The lowest BCUT2D eigenvalue weighted by atomic mass is 10.1. The fraction of sp³-hybridized carbons (Fsp3) is 0.312. The minimum absolute atomic E-state index is 0.445. The van der Waals surface area contributed by atoms with Gasteiger partial charge in [0, 0.05) is 29.5 Å². The topological polar surface area (TPSA) is 24.9 Å². The summed E-state index contributed by atoms with van der Waals surface area (Å²) in [5.41, 5.74) is 3.91. The summed E-state index contributed by atoms with van der Waals surface area (Å²) in [5, 5.41) is 3.55. The predicted octanol–water partition coefficient (Wildman–Crippen LogP) is 3.87. The minimum atomic E-state index is 0.445. The molecular weight excluding hydrogens is 300 g/mol. The van der Waals surface area contributed by atoms with Crippen LogP contribution in [-0.4, -0.2) is 11.0 Å². The highest BCUT2D eigenvalue weighted by molar-refractivity contribution is 9.10. The van der Waals surface area contributed by atoms with Crippen molar-refractivity contribution in [2.75, 3.05) is 0 Å². The Hall–Kier alpha value is -1.19. The zero-order chi connectivity index (χ0) is 13.7. The summed E-state index contributed by atoms with van der Waals surface area (Å²) in [6, 6.07) is 11.0. The summed E-state index contributed by atoms with van der Waals surface area (Å²) in [7, 11) is 0. The van der Waals surface area contributed by atoms with E-state index in [1.54, 1.807) is 0 Å². The van der Waals surface area contributed by atoms with Crippen LogP contribution in [-0.2, 0) is 13.0 Å². The molecule has 1 N–H and O–H groups in total. The average molecular weight is 319 g/mol. The number of nitrogens with zero attached hydrogens (tertiary/aromatic N) is 1. The van der Waals surface area contributed by atoms with E-state index < -0.39 is 0 Å². The van der Waals surface area contributed by atoms with Gasteiger partial charge in [-0.15, -0.1) is 0 Å². The lowest BCUT2D eigenvalue weighted by Gasteiger charge is -2.15. The first-order valence-electron chi connectivity index (χ1n) is 6.52. The predicted molar refractivity (Wildman–Crippen MR) is 83.1 cm³/mol. The molecule has 3 heteroatoms. The van der Waals surface area contributed by atoms with E-state index in [0.29, 0.717) is 6.04 Å². The van der Waals surface area contributed by atoms with Crippen LogP contribution >= 0.6 is 15.9 Å². The van der Waals surface area contributed by atoms with Gasteiger partial charge < -0.3 is 5.32 Å². The minimum Gasteiger partial charge on any atom is -0.310 e. The molecule has 0 fully saturated rings. The Morgan fingerprint density at radius 2 is 1.95 bits per heavy atom. The molecule has 0 saturated carbocycles. The zero-order valence-corrected chi connectivity index (χ0v) is 12.9. The number of pyridine rings is 1. The van der Waals surface area contributed by atoms with Crippen molar-refractivity contribution in [1.29, 1.82) is 0 Å². The number of benzene rings is 1. The highest BCUT2D eigenvalue weighted by atomic mass is 79.9. The Morgan fingerprint density at radius 3 is 2.63 bits per heavy atom. The molecule has 0 radical (unpaired) electrons. The van der Waals surface area contributed by atoms with Gasteiger partial charge in [0.15, 0.2) is 0 Å². The van der Waals surface area contributed by atoms with Crippen LogP contribution in [0.3, 0.4) is 0 Å². The lowest BCUT2D eigenvalue weighted by Crippen LogP contribution is -2.27. The second-order valence-corrected chi connectivity index (χ2v) is 5.83. The van der Waals surface area contributed by atoms with E-state index in [2.05, 4.69) is 70.4 Å². The maximum absolute atomic E-state index is 4.17. The van der Waals surface area contributed by atoms with E-state index in [1.807, 2.05) is 12.4 Å². The monoisotopic (exact) mass is 318 g/mol. The summed E-state index contributed by atoms with van der Waals surface area (Å²) in [5.74, 6) is 0. The Balaban J connectivity index is 1.86. The van der Waals surface area contributed by atoms with Gasteiger partial charge in [0.25, 0.3) is 0 Å². The van der Waals surface area contributed by atoms with Gasteiger partial charge in [0.2, 0.25) is 0 Å². The van der Waals surface area contributed by atoms with Gasteiger partial charge in [0.05, 0.1) is 0 Å². The summed E-state index contributed by atoms with van der Waals surface area (Å²) >= 11 is 3.46. The second-order valence-electron chi connectivity index (χ2n) is 4.91. The second kappa shape index (κ2) is 6.83. The van der Waals surface area contributed by atoms with Crippen molar-refractivity contribution in [3.8, 4) is 0 Å². The van der Waals surface area contributed by atoms with Crippen LogP contribution in [0.4, 0.5) is 0 Å². The van der Waals surface area contributed by atoms with Crippen molar-refractivity contribution in [1.82, 2.24) is 10.3 Å². The number of hydrogen-bond donors (Lipinski definition) is 1. The van der Waals surface area contributed by atoms with E-state index in [1.165, 1.54) is 16.7 Å². The quantitative estimate of drug-likeness (QED) is 0.905. The van der Waals surface area contributed by atoms with Crippen molar-refractivity contribution in [3.05, 3.63) is 63.9 Å². The first kappa shape index (κ1) is 14.2. The zero-order valence-electron chi connectivity index (χ0n) is 11.4. The Bertz CT molecular complexity index is 523. The molecule has 0 aliphatic heterocycles. The van der Waals surface area contributed by atoms with Gasteiger partial charge in [0.1, 0.15) is 0 Å². The van der Waals surface area contributed by atoms with Crippen molar-refractivity contribution in [2.45, 2.75) is 32.9 Å². The van der Waals surface area contributed by atoms with Gasteiger partial charge >= 0.3 is 0 Å². The maximum Gasteiger partial charge on any atom is 0.0315 e. The van der Waals surface area contributed by atoms with Gasteiger partial charge in [-0.1, -0.05) is 28.1 Å².